The normalized spacial score (nSPS) is 10.8. The molecule has 0 aromatic carbocycles. The summed E-state index contributed by atoms with van der Waals surface area (Å²) in [7, 11) is 0. The molecule has 0 amide bonds. The fourth-order valence-corrected chi connectivity index (χ4v) is 1.40. The first-order valence-electron chi connectivity index (χ1n) is 3.49. The molecule has 0 aliphatic heterocycles. The summed E-state index contributed by atoms with van der Waals surface area (Å²) in [5.74, 6) is 0. The van der Waals surface area contributed by atoms with Crippen LogP contribution in [-0.4, -0.2) is 4.98 Å². The Morgan fingerprint density at radius 3 is 2.62 bits per heavy atom. The number of nitrogens with two attached hydrogens (primary N) is 2. The number of rotatable bonds is 2. The molecule has 0 fully saturated rings. The SMILES string of the molecule is NCc1c(Br)ncc(C(F)F)c1N. The molecule has 3 nitrogen and oxygen atoms in total. The maximum absolute atomic E-state index is 12.3. The second-order valence-corrected chi connectivity index (χ2v) is 3.15. The highest BCUT2D eigenvalue weighted by atomic mass is 79.9. The number of hydrogen-bond donors (Lipinski definition) is 2. The Morgan fingerprint density at radius 1 is 1.54 bits per heavy atom. The number of anilines is 1. The Hall–Kier alpha value is -0.750. The molecule has 0 bridgehead atoms. The van der Waals surface area contributed by atoms with Gasteiger partial charge < -0.3 is 11.5 Å². The van der Waals surface area contributed by atoms with Crippen molar-refractivity contribution in [1.29, 1.82) is 0 Å². The zero-order valence-corrected chi connectivity index (χ0v) is 8.18. The van der Waals surface area contributed by atoms with Crippen molar-refractivity contribution in [2.24, 2.45) is 5.73 Å². The second kappa shape index (κ2) is 3.97. The zero-order valence-electron chi connectivity index (χ0n) is 6.60. The lowest BCUT2D eigenvalue weighted by molar-refractivity contribution is 0.151. The minimum absolute atomic E-state index is 0.0133. The Bertz CT molecular complexity index is 317. The highest BCUT2D eigenvalue weighted by molar-refractivity contribution is 9.10. The van der Waals surface area contributed by atoms with Crippen molar-refractivity contribution in [3.05, 3.63) is 21.9 Å². The van der Waals surface area contributed by atoms with Gasteiger partial charge in [-0.2, -0.15) is 0 Å². The van der Waals surface area contributed by atoms with E-state index in [0.29, 0.717) is 10.2 Å². The molecule has 0 aliphatic rings. The van der Waals surface area contributed by atoms with Crippen LogP contribution in [0.3, 0.4) is 0 Å². The number of halogens is 3. The summed E-state index contributed by atoms with van der Waals surface area (Å²) in [6.45, 7) is 0.0833. The minimum atomic E-state index is -2.62. The monoisotopic (exact) mass is 251 g/mol. The van der Waals surface area contributed by atoms with Crippen LogP contribution < -0.4 is 11.5 Å². The summed E-state index contributed by atoms with van der Waals surface area (Å²) in [6.07, 6.45) is -1.57. The topological polar surface area (TPSA) is 64.9 Å². The highest BCUT2D eigenvalue weighted by Crippen LogP contribution is 2.29. The molecule has 0 unspecified atom stereocenters. The summed E-state index contributed by atoms with van der Waals surface area (Å²) in [6, 6.07) is 0. The van der Waals surface area contributed by atoms with Gasteiger partial charge in [0, 0.05) is 24.0 Å². The van der Waals surface area contributed by atoms with E-state index >= 15 is 0 Å². The van der Waals surface area contributed by atoms with Crippen LogP contribution in [-0.2, 0) is 6.54 Å². The number of nitrogens with zero attached hydrogens (tertiary/aromatic N) is 1. The van der Waals surface area contributed by atoms with Crippen molar-refractivity contribution in [2.45, 2.75) is 13.0 Å². The predicted molar refractivity (Wildman–Crippen MR) is 49.2 cm³/mol. The van der Waals surface area contributed by atoms with Gasteiger partial charge in [0.1, 0.15) is 4.60 Å². The lowest BCUT2D eigenvalue weighted by Gasteiger charge is -2.09. The molecule has 6 heteroatoms. The van der Waals surface area contributed by atoms with E-state index in [-0.39, 0.29) is 17.8 Å². The van der Waals surface area contributed by atoms with Crippen molar-refractivity contribution in [1.82, 2.24) is 4.98 Å². The van der Waals surface area contributed by atoms with Crippen LogP contribution in [0.2, 0.25) is 0 Å². The third-order valence-electron chi connectivity index (χ3n) is 1.64. The van der Waals surface area contributed by atoms with Crippen LogP contribution in [0.4, 0.5) is 14.5 Å². The molecule has 1 heterocycles. The largest absolute Gasteiger partial charge is 0.398 e. The predicted octanol–water partition coefficient (Wildman–Crippen LogP) is 1.82. The maximum atomic E-state index is 12.3. The van der Waals surface area contributed by atoms with Crippen molar-refractivity contribution < 1.29 is 8.78 Å². The second-order valence-electron chi connectivity index (χ2n) is 2.40. The first-order valence-corrected chi connectivity index (χ1v) is 4.28. The highest BCUT2D eigenvalue weighted by Gasteiger charge is 2.16. The average Bonchev–Trinajstić information content (AvgIpc) is 2.04. The zero-order chi connectivity index (χ0) is 10.0. The number of hydrogen-bond acceptors (Lipinski definition) is 3. The number of aromatic nitrogens is 1. The van der Waals surface area contributed by atoms with Crippen molar-refractivity contribution in [3.63, 3.8) is 0 Å². The first-order chi connectivity index (χ1) is 6.07. The molecular weight excluding hydrogens is 244 g/mol. The van der Waals surface area contributed by atoms with E-state index in [1.54, 1.807) is 0 Å². The van der Waals surface area contributed by atoms with E-state index in [0.717, 1.165) is 6.20 Å². The molecule has 1 rings (SSSR count). The Labute approximate surface area is 82.3 Å². The van der Waals surface area contributed by atoms with Crippen LogP contribution in [0.5, 0.6) is 0 Å². The van der Waals surface area contributed by atoms with E-state index in [1.807, 2.05) is 0 Å². The quantitative estimate of drug-likeness (QED) is 0.789. The van der Waals surface area contributed by atoms with Gasteiger partial charge in [-0.1, -0.05) is 0 Å². The van der Waals surface area contributed by atoms with Gasteiger partial charge >= 0.3 is 0 Å². The van der Waals surface area contributed by atoms with E-state index in [4.69, 9.17) is 11.5 Å². The van der Waals surface area contributed by atoms with Gasteiger partial charge in [-0.05, 0) is 15.9 Å². The van der Waals surface area contributed by atoms with E-state index in [2.05, 4.69) is 20.9 Å². The van der Waals surface area contributed by atoms with Crippen molar-refractivity contribution in [2.75, 3.05) is 5.73 Å². The molecule has 0 radical (unpaired) electrons. The maximum Gasteiger partial charge on any atom is 0.267 e. The summed E-state index contributed by atoms with van der Waals surface area (Å²) in [4.78, 5) is 3.71. The van der Waals surface area contributed by atoms with Gasteiger partial charge in [-0.3, -0.25) is 0 Å². The van der Waals surface area contributed by atoms with E-state index in [9.17, 15) is 8.78 Å². The first kappa shape index (κ1) is 10.3. The Kier molecular flexibility index (Phi) is 3.16. The lowest BCUT2D eigenvalue weighted by Crippen LogP contribution is -2.07. The Morgan fingerprint density at radius 2 is 2.15 bits per heavy atom. The third kappa shape index (κ3) is 1.94. The average molecular weight is 252 g/mol. The van der Waals surface area contributed by atoms with Gasteiger partial charge in [-0.25, -0.2) is 13.8 Å². The van der Waals surface area contributed by atoms with Crippen LogP contribution in [0.15, 0.2) is 10.8 Å². The van der Waals surface area contributed by atoms with Gasteiger partial charge in [0.05, 0.1) is 5.56 Å². The summed E-state index contributed by atoms with van der Waals surface area (Å²) in [5, 5.41) is 0. The molecule has 4 N–H and O–H groups in total. The van der Waals surface area contributed by atoms with Crippen LogP contribution >= 0.6 is 15.9 Å². The molecule has 13 heavy (non-hydrogen) atoms. The molecule has 72 valence electrons. The number of alkyl halides is 2. The summed E-state index contributed by atoms with van der Waals surface area (Å²) in [5.41, 5.74) is 10.9. The fraction of sp³-hybridized carbons (Fsp3) is 0.286. The number of pyridine rings is 1. The molecule has 0 aliphatic carbocycles. The smallest absolute Gasteiger partial charge is 0.267 e. The number of nitrogen functional groups attached to an aromatic ring is 1. The summed E-state index contributed by atoms with van der Waals surface area (Å²) >= 11 is 3.07. The summed E-state index contributed by atoms with van der Waals surface area (Å²) < 4.78 is 25.0. The van der Waals surface area contributed by atoms with Gasteiger partial charge in [0.25, 0.3) is 6.43 Å². The molecule has 0 saturated heterocycles. The van der Waals surface area contributed by atoms with Crippen LogP contribution in [0, 0.1) is 0 Å². The van der Waals surface area contributed by atoms with Gasteiger partial charge in [0.2, 0.25) is 0 Å². The van der Waals surface area contributed by atoms with Gasteiger partial charge in [0.15, 0.2) is 0 Å². The third-order valence-corrected chi connectivity index (χ3v) is 2.32. The Balaban J connectivity index is 3.27. The molecule has 1 aromatic rings. The molecule has 0 spiro atoms. The van der Waals surface area contributed by atoms with Crippen molar-refractivity contribution >= 4 is 21.6 Å². The molecule has 1 aromatic heterocycles. The lowest BCUT2D eigenvalue weighted by atomic mass is 10.1. The van der Waals surface area contributed by atoms with Crippen LogP contribution in [0.25, 0.3) is 0 Å². The molecule has 0 atom stereocenters. The minimum Gasteiger partial charge on any atom is -0.398 e. The van der Waals surface area contributed by atoms with Gasteiger partial charge in [-0.15, -0.1) is 0 Å². The standard InChI is InChI=1S/C7H8BrF2N3/c8-6-3(1-11)5(12)4(2-13-6)7(9)10/h2,7H,1,11H2,(H2,12,13). The molecular formula is C7H8BrF2N3. The van der Waals surface area contributed by atoms with Crippen LogP contribution in [0.1, 0.15) is 17.6 Å². The molecule has 0 saturated carbocycles. The van der Waals surface area contributed by atoms with E-state index in [1.165, 1.54) is 0 Å². The fourth-order valence-electron chi connectivity index (χ4n) is 0.927. The van der Waals surface area contributed by atoms with Crippen molar-refractivity contribution in [3.8, 4) is 0 Å². The van der Waals surface area contributed by atoms with E-state index < -0.39 is 6.43 Å².